The summed E-state index contributed by atoms with van der Waals surface area (Å²) < 4.78 is 0. The SMILES string of the molecule is CSC1=NCCN1C(=O)c1ccc2[nH]ccc2c1. The van der Waals surface area contributed by atoms with Crippen molar-refractivity contribution in [1.29, 1.82) is 0 Å². The van der Waals surface area contributed by atoms with Crippen LogP contribution in [0.15, 0.2) is 35.5 Å². The van der Waals surface area contributed by atoms with Crippen LogP contribution >= 0.6 is 11.8 Å². The number of amides is 1. The van der Waals surface area contributed by atoms with Crippen molar-refractivity contribution in [2.24, 2.45) is 4.99 Å². The lowest BCUT2D eigenvalue weighted by molar-refractivity contribution is 0.0861. The topological polar surface area (TPSA) is 48.5 Å². The molecule has 0 aliphatic carbocycles. The molecule has 0 unspecified atom stereocenters. The number of aromatic nitrogens is 1. The standard InChI is InChI=1S/C13H13N3OS/c1-18-13-15-6-7-16(13)12(17)10-2-3-11-9(8-10)4-5-14-11/h2-5,8,14H,6-7H2,1H3. The Balaban J connectivity index is 1.94. The van der Waals surface area contributed by atoms with Crippen molar-refractivity contribution in [2.75, 3.05) is 19.3 Å². The zero-order chi connectivity index (χ0) is 12.5. The zero-order valence-corrected chi connectivity index (χ0v) is 10.8. The normalized spacial score (nSPS) is 15.2. The van der Waals surface area contributed by atoms with Gasteiger partial charge in [0.1, 0.15) is 0 Å². The fourth-order valence-electron chi connectivity index (χ4n) is 2.13. The second-order valence-corrected chi connectivity index (χ2v) is 4.88. The van der Waals surface area contributed by atoms with E-state index in [1.54, 1.807) is 4.90 Å². The highest BCUT2D eigenvalue weighted by molar-refractivity contribution is 8.13. The molecule has 1 aliphatic heterocycles. The Labute approximate surface area is 109 Å². The Hall–Kier alpha value is -1.75. The van der Waals surface area contributed by atoms with Gasteiger partial charge in [-0.3, -0.25) is 14.7 Å². The molecule has 4 nitrogen and oxygen atoms in total. The number of hydrogen-bond donors (Lipinski definition) is 1. The van der Waals surface area contributed by atoms with Gasteiger partial charge in [0.25, 0.3) is 5.91 Å². The molecule has 1 aromatic heterocycles. The van der Waals surface area contributed by atoms with Gasteiger partial charge in [0.15, 0.2) is 5.17 Å². The summed E-state index contributed by atoms with van der Waals surface area (Å²) in [6.45, 7) is 1.38. The Kier molecular flexibility index (Phi) is 2.83. The Morgan fingerprint density at radius 1 is 1.44 bits per heavy atom. The number of aromatic amines is 1. The number of nitrogens with one attached hydrogen (secondary N) is 1. The van der Waals surface area contributed by atoms with Gasteiger partial charge in [-0.05, 0) is 30.5 Å². The van der Waals surface area contributed by atoms with E-state index in [-0.39, 0.29) is 5.91 Å². The van der Waals surface area contributed by atoms with Crippen molar-refractivity contribution in [3.05, 3.63) is 36.0 Å². The fourth-order valence-corrected chi connectivity index (χ4v) is 2.75. The number of benzene rings is 1. The number of H-pyrrole nitrogens is 1. The van der Waals surface area contributed by atoms with Gasteiger partial charge in [0.05, 0.1) is 6.54 Å². The van der Waals surface area contributed by atoms with E-state index in [1.807, 2.05) is 36.7 Å². The molecule has 18 heavy (non-hydrogen) atoms. The van der Waals surface area contributed by atoms with Crippen LogP contribution < -0.4 is 0 Å². The summed E-state index contributed by atoms with van der Waals surface area (Å²) in [6, 6.07) is 7.69. The highest BCUT2D eigenvalue weighted by atomic mass is 32.2. The first-order valence-corrected chi connectivity index (χ1v) is 6.99. The third-order valence-corrected chi connectivity index (χ3v) is 3.74. The number of hydrogen-bond acceptors (Lipinski definition) is 3. The monoisotopic (exact) mass is 259 g/mol. The number of amidine groups is 1. The van der Waals surface area contributed by atoms with Gasteiger partial charge in [-0.1, -0.05) is 11.8 Å². The lowest BCUT2D eigenvalue weighted by Gasteiger charge is -2.16. The summed E-state index contributed by atoms with van der Waals surface area (Å²) in [5.41, 5.74) is 1.76. The highest BCUT2D eigenvalue weighted by Gasteiger charge is 2.24. The van der Waals surface area contributed by atoms with E-state index in [9.17, 15) is 4.79 Å². The van der Waals surface area contributed by atoms with Crippen molar-refractivity contribution in [3.63, 3.8) is 0 Å². The molecule has 1 aromatic carbocycles. The number of rotatable bonds is 1. The third kappa shape index (κ3) is 1.80. The van der Waals surface area contributed by atoms with Gasteiger partial charge in [-0.2, -0.15) is 0 Å². The van der Waals surface area contributed by atoms with E-state index < -0.39 is 0 Å². The first kappa shape index (κ1) is 11.3. The lowest BCUT2D eigenvalue weighted by atomic mass is 10.1. The molecule has 5 heteroatoms. The van der Waals surface area contributed by atoms with E-state index in [4.69, 9.17) is 0 Å². The molecule has 1 aliphatic rings. The average Bonchev–Trinajstić information content (AvgIpc) is 3.05. The van der Waals surface area contributed by atoms with Crippen LogP contribution in [0, 0.1) is 0 Å². The minimum Gasteiger partial charge on any atom is -0.361 e. The second-order valence-electron chi connectivity index (χ2n) is 4.10. The molecule has 0 saturated carbocycles. The van der Waals surface area contributed by atoms with E-state index in [2.05, 4.69) is 9.98 Å². The number of carbonyl (C=O) groups excluding carboxylic acids is 1. The van der Waals surface area contributed by atoms with Crippen LogP contribution in [0.1, 0.15) is 10.4 Å². The predicted molar refractivity (Wildman–Crippen MR) is 75.2 cm³/mol. The second kappa shape index (κ2) is 4.49. The molecular formula is C13H13N3OS. The van der Waals surface area contributed by atoms with Crippen molar-refractivity contribution >= 4 is 33.7 Å². The van der Waals surface area contributed by atoms with E-state index in [0.717, 1.165) is 16.1 Å². The molecule has 0 radical (unpaired) electrons. The molecule has 1 N–H and O–H groups in total. The third-order valence-electron chi connectivity index (χ3n) is 3.03. The molecule has 0 fully saturated rings. The summed E-state index contributed by atoms with van der Waals surface area (Å²) in [5, 5.41) is 1.87. The first-order valence-electron chi connectivity index (χ1n) is 5.77. The minimum absolute atomic E-state index is 0.0312. The molecular weight excluding hydrogens is 246 g/mol. The van der Waals surface area contributed by atoms with Crippen LogP contribution in [0.4, 0.5) is 0 Å². The number of aliphatic imine (C=N–C) groups is 1. The highest BCUT2D eigenvalue weighted by Crippen LogP contribution is 2.19. The lowest BCUT2D eigenvalue weighted by Crippen LogP contribution is -2.32. The maximum atomic E-state index is 12.4. The average molecular weight is 259 g/mol. The maximum Gasteiger partial charge on any atom is 0.259 e. The molecule has 0 spiro atoms. The Bertz CT molecular complexity index is 632. The Morgan fingerprint density at radius 2 is 2.33 bits per heavy atom. The van der Waals surface area contributed by atoms with Gasteiger partial charge < -0.3 is 4.98 Å². The van der Waals surface area contributed by atoms with Gasteiger partial charge in [0.2, 0.25) is 0 Å². The summed E-state index contributed by atoms with van der Waals surface area (Å²) in [6.07, 6.45) is 3.82. The molecule has 2 aromatic rings. The number of fused-ring (bicyclic) bond motifs is 1. The fraction of sp³-hybridized carbons (Fsp3) is 0.231. The maximum absolute atomic E-state index is 12.4. The molecule has 1 amide bonds. The van der Waals surface area contributed by atoms with Crippen molar-refractivity contribution in [3.8, 4) is 0 Å². The quantitative estimate of drug-likeness (QED) is 0.854. The van der Waals surface area contributed by atoms with Crippen LogP contribution in [0.3, 0.4) is 0 Å². The van der Waals surface area contributed by atoms with E-state index in [1.165, 1.54) is 11.8 Å². The summed E-state index contributed by atoms with van der Waals surface area (Å²) in [5.74, 6) is 0.0312. The summed E-state index contributed by atoms with van der Waals surface area (Å²) >= 11 is 1.52. The van der Waals surface area contributed by atoms with E-state index >= 15 is 0 Å². The number of thioether (sulfide) groups is 1. The summed E-state index contributed by atoms with van der Waals surface area (Å²) in [7, 11) is 0. The van der Waals surface area contributed by atoms with Crippen LogP contribution in [0.5, 0.6) is 0 Å². The Morgan fingerprint density at radius 3 is 3.17 bits per heavy atom. The first-order chi connectivity index (χ1) is 8.79. The molecule has 2 heterocycles. The van der Waals surface area contributed by atoms with Gasteiger partial charge in [0, 0.05) is 29.2 Å². The summed E-state index contributed by atoms with van der Waals surface area (Å²) in [4.78, 5) is 21.6. The zero-order valence-electron chi connectivity index (χ0n) is 10.0. The van der Waals surface area contributed by atoms with Gasteiger partial charge in [-0.25, -0.2) is 0 Å². The molecule has 0 saturated heterocycles. The number of carbonyl (C=O) groups is 1. The molecule has 0 bridgehead atoms. The predicted octanol–water partition coefficient (Wildman–Crippen LogP) is 2.34. The van der Waals surface area contributed by atoms with E-state index in [0.29, 0.717) is 18.7 Å². The minimum atomic E-state index is 0.0312. The van der Waals surface area contributed by atoms with Crippen LogP contribution in [-0.2, 0) is 0 Å². The molecule has 0 atom stereocenters. The largest absolute Gasteiger partial charge is 0.361 e. The van der Waals surface area contributed by atoms with Gasteiger partial charge in [-0.15, -0.1) is 0 Å². The van der Waals surface area contributed by atoms with Gasteiger partial charge >= 0.3 is 0 Å². The smallest absolute Gasteiger partial charge is 0.259 e. The molecule has 92 valence electrons. The van der Waals surface area contributed by atoms with Crippen molar-refractivity contribution in [2.45, 2.75) is 0 Å². The van der Waals surface area contributed by atoms with Crippen LogP contribution in [-0.4, -0.2) is 40.3 Å². The van der Waals surface area contributed by atoms with Crippen LogP contribution in [0.2, 0.25) is 0 Å². The van der Waals surface area contributed by atoms with Crippen LogP contribution in [0.25, 0.3) is 10.9 Å². The number of nitrogens with zero attached hydrogens (tertiary/aromatic N) is 2. The molecule has 3 rings (SSSR count). The van der Waals surface area contributed by atoms with Crippen molar-refractivity contribution < 1.29 is 4.79 Å². The van der Waals surface area contributed by atoms with Crippen molar-refractivity contribution in [1.82, 2.24) is 9.88 Å².